The maximum atomic E-state index is 12.7. The summed E-state index contributed by atoms with van der Waals surface area (Å²) < 4.78 is 9.88. The quantitative estimate of drug-likeness (QED) is 0.432. The molecule has 2 heterocycles. The van der Waals surface area contributed by atoms with Gasteiger partial charge in [-0.05, 0) is 31.2 Å². The first-order valence-corrected chi connectivity index (χ1v) is 7.43. The first-order valence-electron chi connectivity index (χ1n) is 7.43. The van der Waals surface area contributed by atoms with Crippen molar-refractivity contribution < 1.29 is 23.9 Å². The number of nitrogens with zero attached hydrogens (tertiary/aromatic N) is 4. The highest BCUT2D eigenvalue weighted by molar-refractivity contribution is 6.46. The molecule has 3 rings (SSSR count). The maximum absolute atomic E-state index is 12.7. The lowest BCUT2D eigenvalue weighted by atomic mass is 9.98. The van der Waals surface area contributed by atoms with Crippen LogP contribution >= 0.6 is 0 Å². The predicted molar refractivity (Wildman–Crippen MR) is 84.5 cm³/mol. The summed E-state index contributed by atoms with van der Waals surface area (Å²) in [6.07, 6.45) is 0. The molecule has 2 aliphatic rings. The number of hydrazone groups is 1. The van der Waals surface area contributed by atoms with Crippen LogP contribution in [0.15, 0.2) is 34.7 Å². The molecule has 10 nitrogen and oxygen atoms in total. The Hall–Kier alpha value is -3.30. The molecule has 1 fully saturated rings. The van der Waals surface area contributed by atoms with Crippen LogP contribution in [-0.4, -0.2) is 48.4 Å². The molecule has 0 unspecified atom stereocenters. The number of esters is 1. The zero-order valence-corrected chi connectivity index (χ0v) is 13.4. The van der Waals surface area contributed by atoms with Gasteiger partial charge < -0.3 is 9.47 Å². The molecule has 1 saturated heterocycles. The highest BCUT2D eigenvalue weighted by atomic mass is 16.5. The summed E-state index contributed by atoms with van der Waals surface area (Å²) in [4.78, 5) is 49.3. The van der Waals surface area contributed by atoms with Crippen LogP contribution in [-0.2, 0) is 19.1 Å². The summed E-state index contributed by atoms with van der Waals surface area (Å²) in [5, 5.41) is 6.85. The third kappa shape index (κ3) is 2.51. The number of carbonyl (C=O) groups excluding carboxylic acids is 3. The van der Waals surface area contributed by atoms with E-state index in [9.17, 15) is 19.3 Å². The highest BCUT2D eigenvalue weighted by Crippen LogP contribution is 2.35. The molecular formula is C15H14N4O6. The zero-order chi connectivity index (χ0) is 18.1. The monoisotopic (exact) mass is 346 g/mol. The van der Waals surface area contributed by atoms with Crippen molar-refractivity contribution in [2.75, 3.05) is 18.6 Å². The Balaban J connectivity index is 1.97. The second kappa shape index (κ2) is 6.30. The molecule has 0 radical (unpaired) electrons. The van der Waals surface area contributed by atoms with E-state index in [0.29, 0.717) is 16.6 Å². The van der Waals surface area contributed by atoms with Gasteiger partial charge in [0.05, 0.1) is 24.7 Å². The summed E-state index contributed by atoms with van der Waals surface area (Å²) in [5.41, 5.74) is -0.0138. The number of amides is 2. The average Bonchev–Trinajstić information content (AvgIpc) is 3.12. The van der Waals surface area contributed by atoms with Crippen LogP contribution in [0.3, 0.4) is 0 Å². The molecule has 0 aromatic heterocycles. The molecule has 130 valence electrons. The first-order chi connectivity index (χ1) is 12.0. The van der Waals surface area contributed by atoms with Gasteiger partial charge in [-0.15, -0.1) is 15.1 Å². The van der Waals surface area contributed by atoms with E-state index in [4.69, 9.17) is 9.47 Å². The van der Waals surface area contributed by atoms with E-state index in [1.54, 1.807) is 19.1 Å². The molecule has 2 amide bonds. The Morgan fingerprint density at radius 2 is 1.92 bits per heavy atom. The number of rotatable bonds is 5. The number of benzene rings is 1. The van der Waals surface area contributed by atoms with Crippen LogP contribution < -0.4 is 9.64 Å². The largest absolute Gasteiger partial charge is 0.497 e. The van der Waals surface area contributed by atoms with Gasteiger partial charge in [-0.3, -0.25) is 9.59 Å². The number of nitroso groups, excluding NO2 is 1. The van der Waals surface area contributed by atoms with Crippen molar-refractivity contribution in [3.8, 4) is 5.75 Å². The summed E-state index contributed by atoms with van der Waals surface area (Å²) in [6, 6.07) is 4.93. The van der Waals surface area contributed by atoms with Crippen LogP contribution in [0.5, 0.6) is 5.75 Å². The number of fused-ring (bicyclic) bond motifs is 1. The van der Waals surface area contributed by atoms with Crippen LogP contribution in [0.25, 0.3) is 0 Å². The van der Waals surface area contributed by atoms with Gasteiger partial charge in [-0.1, -0.05) is 0 Å². The van der Waals surface area contributed by atoms with Crippen molar-refractivity contribution in [1.82, 2.24) is 5.12 Å². The first kappa shape index (κ1) is 16.6. The smallest absolute Gasteiger partial charge is 0.355 e. The second-order valence-electron chi connectivity index (χ2n) is 5.24. The number of ether oxygens (including phenoxy) is 2. The number of anilines is 1. The Morgan fingerprint density at radius 1 is 1.24 bits per heavy atom. The van der Waals surface area contributed by atoms with Gasteiger partial charge in [0.25, 0.3) is 5.91 Å². The van der Waals surface area contributed by atoms with Crippen LogP contribution in [0.2, 0.25) is 0 Å². The summed E-state index contributed by atoms with van der Waals surface area (Å²) >= 11 is 0. The molecule has 25 heavy (non-hydrogen) atoms. The van der Waals surface area contributed by atoms with Crippen molar-refractivity contribution in [1.29, 1.82) is 0 Å². The van der Waals surface area contributed by atoms with Gasteiger partial charge in [0.1, 0.15) is 11.7 Å². The van der Waals surface area contributed by atoms with Gasteiger partial charge in [0, 0.05) is 0 Å². The minimum Gasteiger partial charge on any atom is -0.497 e. The molecule has 0 spiro atoms. The third-order valence-electron chi connectivity index (χ3n) is 3.93. The van der Waals surface area contributed by atoms with E-state index in [-0.39, 0.29) is 12.3 Å². The Labute approximate surface area is 141 Å². The van der Waals surface area contributed by atoms with E-state index in [0.717, 1.165) is 4.90 Å². The van der Waals surface area contributed by atoms with E-state index < -0.39 is 29.7 Å². The number of carbonyl (C=O) groups is 3. The molecule has 0 N–H and O–H groups in total. The molecule has 0 bridgehead atoms. The normalized spacial score (nSPS) is 21.9. The fraction of sp³-hybridized carbons (Fsp3) is 0.333. The number of imide groups is 1. The molecule has 10 heteroatoms. The van der Waals surface area contributed by atoms with Crippen LogP contribution in [0.4, 0.5) is 5.69 Å². The van der Waals surface area contributed by atoms with Gasteiger partial charge in [-0.25, -0.2) is 9.69 Å². The summed E-state index contributed by atoms with van der Waals surface area (Å²) in [6.45, 7) is 1.65. The lowest BCUT2D eigenvalue weighted by molar-refractivity contribution is -0.136. The SMILES string of the molecule is CCOC(=O)C1=NN(N=O)[C@H]2C(=O)N(c3ccc(OC)cc3)C(=O)[C@H]12. The minimum absolute atomic E-state index is 0.0636. The van der Waals surface area contributed by atoms with Crippen molar-refractivity contribution in [2.24, 2.45) is 16.3 Å². The van der Waals surface area contributed by atoms with Gasteiger partial charge >= 0.3 is 5.97 Å². The van der Waals surface area contributed by atoms with Crippen LogP contribution in [0.1, 0.15) is 6.92 Å². The van der Waals surface area contributed by atoms with Gasteiger partial charge in [0.2, 0.25) is 5.91 Å². The van der Waals surface area contributed by atoms with Crippen LogP contribution in [0, 0.1) is 10.8 Å². The third-order valence-corrected chi connectivity index (χ3v) is 3.93. The molecule has 0 saturated carbocycles. The van der Waals surface area contributed by atoms with E-state index in [1.807, 2.05) is 0 Å². The molecule has 1 aromatic carbocycles. The average molecular weight is 346 g/mol. The lowest BCUT2D eigenvalue weighted by Gasteiger charge is -2.17. The molecular weight excluding hydrogens is 332 g/mol. The van der Waals surface area contributed by atoms with Crippen molar-refractivity contribution in [2.45, 2.75) is 13.0 Å². The minimum atomic E-state index is -1.29. The fourth-order valence-corrected chi connectivity index (χ4v) is 2.82. The Bertz CT molecular complexity index is 775. The Morgan fingerprint density at radius 3 is 2.48 bits per heavy atom. The van der Waals surface area contributed by atoms with Crippen molar-refractivity contribution >= 4 is 29.2 Å². The predicted octanol–water partition coefficient (Wildman–Crippen LogP) is 0.469. The van der Waals surface area contributed by atoms with Crippen molar-refractivity contribution in [3.63, 3.8) is 0 Å². The number of hydrogen-bond acceptors (Lipinski definition) is 8. The molecule has 2 atom stereocenters. The molecule has 2 aliphatic heterocycles. The lowest BCUT2D eigenvalue weighted by Crippen LogP contribution is -2.36. The summed E-state index contributed by atoms with van der Waals surface area (Å²) in [7, 11) is 1.49. The summed E-state index contributed by atoms with van der Waals surface area (Å²) in [5.74, 6) is -2.90. The highest BCUT2D eigenvalue weighted by Gasteiger charge is 2.59. The Kier molecular flexibility index (Phi) is 4.17. The van der Waals surface area contributed by atoms with E-state index >= 15 is 0 Å². The number of methoxy groups -OCH3 is 1. The van der Waals surface area contributed by atoms with E-state index in [1.165, 1.54) is 19.2 Å². The van der Waals surface area contributed by atoms with Crippen molar-refractivity contribution in [3.05, 3.63) is 29.2 Å². The van der Waals surface area contributed by atoms with Gasteiger partial charge in [0.15, 0.2) is 11.8 Å². The van der Waals surface area contributed by atoms with Gasteiger partial charge in [-0.2, -0.15) is 0 Å². The topological polar surface area (TPSA) is 118 Å². The van der Waals surface area contributed by atoms with E-state index in [2.05, 4.69) is 10.4 Å². The molecule has 1 aromatic rings. The fourth-order valence-electron chi connectivity index (χ4n) is 2.82. The standard InChI is InChI=1S/C15H14N4O6/c1-3-25-15(22)11-10-12(19(16-11)17-23)14(21)18(13(10)20)8-4-6-9(24-2)7-5-8/h4-7,10,12H,3H2,1-2H3/t10-,12-/m1/s1. The number of hydrogen-bond donors (Lipinski definition) is 0. The zero-order valence-electron chi connectivity index (χ0n) is 13.4. The molecule has 0 aliphatic carbocycles. The second-order valence-corrected chi connectivity index (χ2v) is 5.24. The maximum Gasteiger partial charge on any atom is 0.355 e.